The smallest absolute Gasteiger partial charge is 0.152 e. The van der Waals surface area contributed by atoms with Crippen LogP contribution in [0.4, 0.5) is 5.82 Å². The van der Waals surface area contributed by atoms with Gasteiger partial charge >= 0.3 is 0 Å². The topological polar surface area (TPSA) is 89.8 Å². The fourth-order valence-electron chi connectivity index (χ4n) is 3.96. The van der Waals surface area contributed by atoms with E-state index in [1.165, 1.54) is 6.33 Å². The van der Waals surface area contributed by atoms with Crippen LogP contribution in [0.1, 0.15) is 16.8 Å². The molecule has 0 aliphatic carbocycles. The lowest BCUT2D eigenvalue weighted by Gasteiger charge is -2.14. The number of rotatable bonds is 2. The number of nitrogen functional groups attached to an aromatic ring is 1. The summed E-state index contributed by atoms with van der Waals surface area (Å²) in [6, 6.07) is 7.81. The second kappa shape index (κ2) is 6.28. The number of nitrogens with two attached hydrogens (primary N) is 1. The molecular formula is C22H19N5OS. The van der Waals surface area contributed by atoms with Crippen molar-refractivity contribution in [2.75, 3.05) is 5.73 Å². The number of phenolic OH excluding ortho intramolecular Hbond substituents is 1. The monoisotopic (exact) mass is 401 g/mol. The van der Waals surface area contributed by atoms with E-state index in [2.05, 4.69) is 32.9 Å². The highest BCUT2D eigenvalue weighted by Crippen LogP contribution is 2.38. The zero-order chi connectivity index (χ0) is 20.3. The molecule has 0 atom stereocenters. The van der Waals surface area contributed by atoms with Crippen LogP contribution in [0.3, 0.4) is 0 Å². The van der Waals surface area contributed by atoms with E-state index in [-0.39, 0.29) is 5.75 Å². The first-order chi connectivity index (χ1) is 14.0. The average Bonchev–Trinajstić information content (AvgIpc) is 3.32. The molecule has 0 radical (unpaired) electrons. The summed E-state index contributed by atoms with van der Waals surface area (Å²) in [6.07, 6.45) is 1.47. The van der Waals surface area contributed by atoms with Gasteiger partial charge in [0, 0.05) is 22.2 Å². The Balaban J connectivity index is 1.99. The molecule has 0 saturated heterocycles. The maximum Gasteiger partial charge on any atom is 0.152 e. The Bertz CT molecular complexity index is 1400. The summed E-state index contributed by atoms with van der Waals surface area (Å²) < 4.78 is 1.98. The van der Waals surface area contributed by atoms with E-state index in [0.717, 1.165) is 50.1 Å². The number of aryl methyl sites for hydroxylation is 2. The zero-order valence-electron chi connectivity index (χ0n) is 16.3. The molecule has 0 spiro atoms. The zero-order valence-corrected chi connectivity index (χ0v) is 17.1. The van der Waals surface area contributed by atoms with Gasteiger partial charge in [0.05, 0.1) is 11.1 Å². The quantitative estimate of drug-likeness (QED) is 0.439. The largest absolute Gasteiger partial charge is 0.508 e. The molecule has 5 aromatic rings. The third kappa shape index (κ3) is 2.51. The number of anilines is 1. The van der Waals surface area contributed by atoms with Gasteiger partial charge in [0.1, 0.15) is 23.5 Å². The maximum atomic E-state index is 10.4. The van der Waals surface area contributed by atoms with Crippen molar-refractivity contribution in [3.63, 3.8) is 0 Å². The van der Waals surface area contributed by atoms with Crippen LogP contribution >= 0.6 is 11.3 Å². The van der Waals surface area contributed by atoms with Crippen LogP contribution in [0, 0.1) is 20.8 Å². The van der Waals surface area contributed by atoms with Gasteiger partial charge in [-0.2, -0.15) is 11.3 Å². The van der Waals surface area contributed by atoms with Crippen LogP contribution in [-0.4, -0.2) is 24.6 Å². The Kier molecular flexibility index (Phi) is 3.82. The molecule has 7 heteroatoms. The minimum Gasteiger partial charge on any atom is -0.508 e. The first-order valence-corrected chi connectivity index (χ1v) is 10.2. The molecule has 1 aromatic carbocycles. The summed E-state index contributed by atoms with van der Waals surface area (Å²) in [6.45, 7) is 5.91. The molecule has 0 aliphatic rings. The number of aromatic hydroxyl groups is 1. The lowest BCUT2D eigenvalue weighted by Crippen LogP contribution is -2.03. The van der Waals surface area contributed by atoms with Crippen molar-refractivity contribution in [3.8, 4) is 22.6 Å². The summed E-state index contributed by atoms with van der Waals surface area (Å²) >= 11 is 1.65. The van der Waals surface area contributed by atoms with Gasteiger partial charge in [-0.1, -0.05) is 6.07 Å². The minimum absolute atomic E-state index is 0.231. The fourth-order valence-corrected chi connectivity index (χ4v) is 4.61. The molecular weight excluding hydrogens is 382 g/mol. The van der Waals surface area contributed by atoms with Gasteiger partial charge in [-0.25, -0.2) is 15.0 Å². The van der Waals surface area contributed by atoms with Crippen LogP contribution in [-0.2, 0) is 0 Å². The normalized spacial score (nSPS) is 11.6. The number of aromatic nitrogens is 4. The molecule has 3 N–H and O–H groups in total. The van der Waals surface area contributed by atoms with E-state index in [0.29, 0.717) is 11.5 Å². The molecule has 5 rings (SSSR count). The Morgan fingerprint density at radius 2 is 1.90 bits per heavy atom. The SMILES string of the molecule is Cc1ccc(O)c(C)c1-n1c2nc(C)c(-c3ccsc3)cc2c2c(N)ncnc21. The van der Waals surface area contributed by atoms with E-state index >= 15 is 0 Å². The number of nitrogens with zero attached hydrogens (tertiary/aromatic N) is 4. The van der Waals surface area contributed by atoms with Gasteiger partial charge in [0.25, 0.3) is 0 Å². The molecule has 29 heavy (non-hydrogen) atoms. The molecule has 4 heterocycles. The summed E-state index contributed by atoms with van der Waals surface area (Å²) in [5.41, 5.74) is 13.5. The first-order valence-electron chi connectivity index (χ1n) is 9.21. The van der Waals surface area contributed by atoms with Gasteiger partial charge in [0.2, 0.25) is 0 Å². The van der Waals surface area contributed by atoms with Crippen molar-refractivity contribution in [2.45, 2.75) is 20.8 Å². The van der Waals surface area contributed by atoms with E-state index in [1.807, 2.05) is 31.4 Å². The second-order valence-corrected chi connectivity index (χ2v) is 7.95. The highest BCUT2D eigenvalue weighted by Gasteiger charge is 2.22. The highest BCUT2D eigenvalue weighted by atomic mass is 32.1. The highest BCUT2D eigenvalue weighted by molar-refractivity contribution is 7.08. The van der Waals surface area contributed by atoms with Crippen LogP contribution in [0.5, 0.6) is 5.75 Å². The molecule has 144 valence electrons. The van der Waals surface area contributed by atoms with Gasteiger partial charge in [-0.05, 0) is 60.9 Å². The van der Waals surface area contributed by atoms with E-state index in [4.69, 9.17) is 10.7 Å². The molecule has 0 aliphatic heterocycles. The van der Waals surface area contributed by atoms with Gasteiger partial charge < -0.3 is 10.8 Å². The van der Waals surface area contributed by atoms with Gasteiger partial charge in [-0.3, -0.25) is 4.57 Å². The number of hydrogen-bond acceptors (Lipinski definition) is 6. The number of benzene rings is 1. The number of phenols is 1. The predicted molar refractivity (Wildman–Crippen MR) is 118 cm³/mol. The molecule has 0 bridgehead atoms. The predicted octanol–water partition coefficient (Wildman–Crippen LogP) is 4.91. The maximum absolute atomic E-state index is 10.4. The Labute approximate surface area is 171 Å². The third-order valence-electron chi connectivity index (χ3n) is 5.40. The molecule has 0 amide bonds. The Hall–Kier alpha value is -3.45. The van der Waals surface area contributed by atoms with Crippen molar-refractivity contribution in [3.05, 3.63) is 58.2 Å². The number of thiophene rings is 1. The molecule has 0 fully saturated rings. The van der Waals surface area contributed by atoms with Gasteiger partial charge in [-0.15, -0.1) is 0 Å². The molecule has 0 saturated carbocycles. The van der Waals surface area contributed by atoms with Gasteiger partial charge in [0.15, 0.2) is 5.65 Å². The standard InChI is InChI=1S/C22H19N5OS/c1-11-4-5-17(28)12(2)19(11)27-21-16(18-20(23)24-10-25-22(18)27)8-15(13(3)26-21)14-6-7-29-9-14/h4-10,28H,1-3H3,(H2,23,24,25). The first kappa shape index (κ1) is 17.6. The second-order valence-electron chi connectivity index (χ2n) is 7.17. The van der Waals surface area contributed by atoms with E-state index < -0.39 is 0 Å². The van der Waals surface area contributed by atoms with E-state index in [1.54, 1.807) is 17.4 Å². The number of pyridine rings is 1. The van der Waals surface area contributed by atoms with Crippen molar-refractivity contribution >= 4 is 39.2 Å². The Morgan fingerprint density at radius 1 is 1.07 bits per heavy atom. The molecule has 6 nitrogen and oxygen atoms in total. The summed E-state index contributed by atoms with van der Waals surface area (Å²) in [5.74, 6) is 0.644. The van der Waals surface area contributed by atoms with E-state index in [9.17, 15) is 5.11 Å². The number of hydrogen-bond donors (Lipinski definition) is 2. The van der Waals surface area contributed by atoms with Crippen molar-refractivity contribution in [2.24, 2.45) is 0 Å². The summed E-state index contributed by atoms with van der Waals surface area (Å²) in [4.78, 5) is 13.7. The van der Waals surface area contributed by atoms with Crippen LogP contribution < -0.4 is 5.73 Å². The average molecular weight is 401 g/mol. The fraction of sp³-hybridized carbons (Fsp3) is 0.136. The van der Waals surface area contributed by atoms with Crippen molar-refractivity contribution in [1.29, 1.82) is 0 Å². The molecule has 0 unspecified atom stereocenters. The lowest BCUT2D eigenvalue weighted by atomic mass is 10.1. The summed E-state index contributed by atoms with van der Waals surface area (Å²) in [5, 5.41) is 16.2. The summed E-state index contributed by atoms with van der Waals surface area (Å²) in [7, 11) is 0. The third-order valence-corrected chi connectivity index (χ3v) is 6.09. The molecule has 4 aromatic heterocycles. The number of fused-ring (bicyclic) bond motifs is 3. The minimum atomic E-state index is 0.231. The lowest BCUT2D eigenvalue weighted by molar-refractivity contribution is 0.470. The van der Waals surface area contributed by atoms with Crippen LogP contribution in [0.2, 0.25) is 0 Å². The van der Waals surface area contributed by atoms with Crippen molar-refractivity contribution in [1.82, 2.24) is 19.5 Å². The Morgan fingerprint density at radius 3 is 2.66 bits per heavy atom. The van der Waals surface area contributed by atoms with Crippen molar-refractivity contribution < 1.29 is 5.11 Å². The van der Waals surface area contributed by atoms with Crippen LogP contribution in [0.25, 0.3) is 38.9 Å². The van der Waals surface area contributed by atoms with Crippen LogP contribution in [0.15, 0.2) is 41.4 Å².